The highest BCUT2D eigenvalue weighted by atomic mass is 32.2. The fourth-order valence-electron chi connectivity index (χ4n) is 5.22. The van der Waals surface area contributed by atoms with Crippen LogP contribution in [-0.2, 0) is 9.84 Å². The number of ether oxygens (including phenoxy) is 1. The number of carbonyl (C=O) groups is 1. The third kappa shape index (κ3) is 5.88. The van der Waals surface area contributed by atoms with E-state index >= 15 is 0 Å². The minimum atomic E-state index is -3.11. The van der Waals surface area contributed by atoms with E-state index in [1.807, 2.05) is 42.8 Å². The van der Waals surface area contributed by atoms with Gasteiger partial charge in [-0.1, -0.05) is 12.1 Å². The summed E-state index contributed by atoms with van der Waals surface area (Å²) in [4.78, 5) is 15.0. The number of rotatable bonds is 9. The number of aliphatic hydroxyl groups is 1. The number of aromatic nitrogens is 2. The van der Waals surface area contributed by atoms with Crippen molar-refractivity contribution in [2.75, 3.05) is 25.2 Å². The van der Waals surface area contributed by atoms with Crippen molar-refractivity contribution in [3.8, 4) is 5.88 Å². The number of amides is 1. The Hall–Kier alpha value is -2.21. The van der Waals surface area contributed by atoms with Gasteiger partial charge in [-0.05, 0) is 51.7 Å². The Bertz CT molecular complexity index is 1100. The zero-order chi connectivity index (χ0) is 24.5. The molecule has 2 aliphatic heterocycles. The van der Waals surface area contributed by atoms with E-state index in [4.69, 9.17) is 4.74 Å². The Kier molecular flexibility index (Phi) is 7.46. The molecule has 3 N–H and O–H groups in total. The molecule has 2 saturated heterocycles. The molecular weight excluding hydrogens is 458 g/mol. The number of hydrogen-bond donors (Lipinski definition) is 3. The Morgan fingerprint density at radius 3 is 2.56 bits per heavy atom. The van der Waals surface area contributed by atoms with Gasteiger partial charge in [0.15, 0.2) is 9.84 Å². The average molecular weight is 494 g/mol. The van der Waals surface area contributed by atoms with Gasteiger partial charge in [-0.25, -0.2) is 13.2 Å². The van der Waals surface area contributed by atoms with Crippen LogP contribution in [0.5, 0.6) is 5.88 Å². The molecule has 2 fully saturated rings. The van der Waals surface area contributed by atoms with Crippen LogP contribution in [0.25, 0.3) is 10.9 Å². The second kappa shape index (κ2) is 10.2. The quantitative estimate of drug-likeness (QED) is 0.482. The van der Waals surface area contributed by atoms with E-state index in [0.29, 0.717) is 12.4 Å². The van der Waals surface area contributed by atoms with Gasteiger partial charge < -0.3 is 20.5 Å². The summed E-state index contributed by atoms with van der Waals surface area (Å²) >= 11 is 0. The highest BCUT2D eigenvalue weighted by Gasteiger charge is 2.41. The lowest BCUT2D eigenvalue weighted by Crippen LogP contribution is -2.53. The maximum atomic E-state index is 12.7. The molecule has 4 atom stereocenters. The number of benzene rings is 1. The van der Waals surface area contributed by atoms with Crippen molar-refractivity contribution in [1.82, 2.24) is 25.3 Å². The molecule has 2 aromatic rings. The largest absolute Gasteiger partial charge is 0.414 e. The first-order chi connectivity index (χ1) is 16.1. The maximum absolute atomic E-state index is 12.7. The molecule has 0 spiro atoms. The zero-order valence-corrected chi connectivity index (χ0v) is 20.8. The van der Waals surface area contributed by atoms with Crippen LogP contribution in [0.4, 0.5) is 4.79 Å². The minimum Gasteiger partial charge on any atom is -0.390 e. The molecule has 2 aliphatic rings. The SMILES string of the molecule is CC(C)n1nc(OC(=O)N[C@@H]2C[C@H]3CC[C@@H](C2)N3C[C@H](O)CNCS(C)(=O)=O)c2ccccc21. The molecule has 0 saturated carbocycles. The van der Waals surface area contributed by atoms with Gasteiger partial charge >= 0.3 is 6.09 Å². The van der Waals surface area contributed by atoms with E-state index < -0.39 is 22.0 Å². The van der Waals surface area contributed by atoms with Crippen LogP contribution in [0.1, 0.15) is 45.6 Å². The summed E-state index contributed by atoms with van der Waals surface area (Å²) in [7, 11) is -3.11. The Morgan fingerprint density at radius 2 is 1.91 bits per heavy atom. The molecule has 188 valence electrons. The molecule has 1 aromatic carbocycles. The normalized spacial score (nSPS) is 24.0. The first-order valence-corrected chi connectivity index (χ1v) is 13.9. The summed E-state index contributed by atoms with van der Waals surface area (Å²) in [6.07, 6.45) is 3.63. The van der Waals surface area contributed by atoms with E-state index in [1.165, 1.54) is 0 Å². The lowest BCUT2D eigenvalue weighted by atomic mass is 9.97. The van der Waals surface area contributed by atoms with Gasteiger partial charge in [-0.2, -0.15) is 0 Å². The number of hydrogen-bond acceptors (Lipinski definition) is 8. The molecule has 10 nitrogen and oxygen atoms in total. The standard InChI is InChI=1S/C23H35N5O5S/c1-15(2)28-21-7-5-4-6-20(21)22(26-28)33-23(30)25-16-10-17-8-9-18(11-16)27(17)13-19(29)12-24-14-34(3,31)32/h4-7,15-19,24,29H,8-14H2,1-3H3,(H,25,30)/t16-,17-,18+,19-/m1/s1. The molecule has 0 unspecified atom stereocenters. The minimum absolute atomic E-state index is 0.000186. The predicted octanol–water partition coefficient (Wildman–Crippen LogP) is 1.65. The van der Waals surface area contributed by atoms with Crippen LogP contribution < -0.4 is 15.4 Å². The second-order valence-corrected chi connectivity index (χ2v) is 12.0. The first-order valence-electron chi connectivity index (χ1n) is 11.9. The number of piperidine rings is 1. The zero-order valence-electron chi connectivity index (χ0n) is 20.0. The topological polar surface area (TPSA) is 126 Å². The number of para-hydroxylation sites is 1. The van der Waals surface area contributed by atoms with Gasteiger partial charge in [0, 0.05) is 43.5 Å². The monoisotopic (exact) mass is 493 g/mol. The fourth-order valence-corrected chi connectivity index (χ4v) is 5.71. The number of carbonyl (C=O) groups excluding carboxylic acids is 1. The van der Waals surface area contributed by atoms with Crippen LogP contribution in [0.15, 0.2) is 24.3 Å². The maximum Gasteiger partial charge on any atom is 0.414 e. The highest BCUT2D eigenvalue weighted by molar-refractivity contribution is 7.90. The molecule has 0 radical (unpaired) electrons. The van der Waals surface area contributed by atoms with Crippen LogP contribution >= 0.6 is 0 Å². The van der Waals surface area contributed by atoms with Gasteiger partial charge in [0.2, 0.25) is 0 Å². The van der Waals surface area contributed by atoms with E-state index in [2.05, 4.69) is 20.6 Å². The third-order valence-corrected chi connectivity index (χ3v) is 7.36. The number of sulfone groups is 1. The molecular formula is C23H35N5O5S. The van der Waals surface area contributed by atoms with Crippen LogP contribution in [0.2, 0.25) is 0 Å². The van der Waals surface area contributed by atoms with Crippen molar-refractivity contribution in [3.63, 3.8) is 0 Å². The molecule has 4 rings (SSSR count). The van der Waals surface area contributed by atoms with E-state index in [0.717, 1.165) is 42.8 Å². The highest BCUT2D eigenvalue weighted by Crippen LogP contribution is 2.36. The number of aliphatic hydroxyl groups excluding tert-OH is 1. The molecule has 2 bridgehead atoms. The third-order valence-electron chi connectivity index (χ3n) is 6.63. The van der Waals surface area contributed by atoms with Crippen molar-refractivity contribution >= 4 is 26.8 Å². The number of nitrogens with zero attached hydrogens (tertiary/aromatic N) is 3. The summed E-state index contributed by atoms with van der Waals surface area (Å²) in [6, 6.07) is 8.39. The van der Waals surface area contributed by atoms with Crippen LogP contribution in [0.3, 0.4) is 0 Å². The number of fused-ring (bicyclic) bond motifs is 3. The van der Waals surface area contributed by atoms with Crippen molar-refractivity contribution in [2.45, 2.75) is 69.8 Å². The molecule has 34 heavy (non-hydrogen) atoms. The van der Waals surface area contributed by atoms with Gasteiger partial charge in [0.05, 0.1) is 22.9 Å². The second-order valence-electron chi connectivity index (χ2n) is 9.82. The van der Waals surface area contributed by atoms with Gasteiger partial charge in [-0.15, -0.1) is 5.10 Å². The van der Waals surface area contributed by atoms with E-state index in [-0.39, 0.29) is 36.6 Å². The fraction of sp³-hybridized carbons (Fsp3) is 0.652. The van der Waals surface area contributed by atoms with Crippen molar-refractivity contribution < 1.29 is 23.1 Å². The summed E-state index contributed by atoms with van der Waals surface area (Å²) in [5.74, 6) is 0.169. The summed E-state index contributed by atoms with van der Waals surface area (Å²) in [5, 5.41) is 21.5. The molecule has 1 aromatic heterocycles. The van der Waals surface area contributed by atoms with Gasteiger partial charge in [0.25, 0.3) is 5.88 Å². The average Bonchev–Trinajstić information content (AvgIpc) is 3.21. The molecule has 0 aliphatic carbocycles. The van der Waals surface area contributed by atoms with Gasteiger partial charge in [0.1, 0.15) is 0 Å². The summed E-state index contributed by atoms with van der Waals surface area (Å²) < 4.78 is 30.0. The Morgan fingerprint density at radius 1 is 1.24 bits per heavy atom. The van der Waals surface area contributed by atoms with Gasteiger partial charge in [-0.3, -0.25) is 9.58 Å². The van der Waals surface area contributed by atoms with Crippen LogP contribution in [-0.4, -0.2) is 83.7 Å². The Balaban J connectivity index is 1.31. The number of nitrogens with one attached hydrogen (secondary N) is 2. The summed E-state index contributed by atoms with van der Waals surface area (Å²) in [6.45, 7) is 4.78. The van der Waals surface area contributed by atoms with Crippen molar-refractivity contribution in [1.29, 1.82) is 0 Å². The smallest absolute Gasteiger partial charge is 0.390 e. The first kappa shape index (κ1) is 24.9. The lowest BCUT2D eigenvalue weighted by Gasteiger charge is -2.39. The van der Waals surface area contributed by atoms with E-state index in [1.54, 1.807) is 0 Å². The molecule has 1 amide bonds. The summed E-state index contributed by atoms with van der Waals surface area (Å²) in [5.41, 5.74) is 0.927. The predicted molar refractivity (Wildman–Crippen MR) is 130 cm³/mol. The molecule has 11 heteroatoms. The van der Waals surface area contributed by atoms with Crippen molar-refractivity contribution in [2.24, 2.45) is 0 Å². The van der Waals surface area contributed by atoms with Crippen molar-refractivity contribution in [3.05, 3.63) is 24.3 Å². The van der Waals surface area contributed by atoms with E-state index in [9.17, 15) is 18.3 Å². The Labute approximate surface area is 200 Å². The lowest BCUT2D eigenvalue weighted by molar-refractivity contribution is 0.0530. The molecule has 3 heterocycles. The van der Waals surface area contributed by atoms with Crippen LogP contribution in [0, 0.1) is 0 Å².